The monoisotopic (exact) mass is 470 g/mol. The van der Waals surface area contributed by atoms with Crippen LogP contribution in [-0.2, 0) is 11.2 Å². The van der Waals surface area contributed by atoms with Gasteiger partial charge in [0, 0.05) is 23.7 Å². The third-order valence-electron chi connectivity index (χ3n) is 4.79. The van der Waals surface area contributed by atoms with Gasteiger partial charge in [-0.15, -0.1) is 0 Å². The van der Waals surface area contributed by atoms with E-state index in [2.05, 4.69) is 26.2 Å². The molecule has 0 aliphatic carbocycles. The van der Waals surface area contributed by atoms with E-state index in [9.17, 15) is 9.59 Å². The summed E-state index contributed by atoms with van der Waals surface area (Å²) >= 11 is 3.39. The molecule has 1 aliphatic rings. The van der Waals surface area contributed by atoms with Gasteiger partial charge in [0.1, 0.15) is 18.4 Å². The second-order valence-corrected chi connectivity index (χ2v) is 7.79. The highest BCUT2D eigenvalue weighted by Gasteiger charge is 2.30. The Labute approximate surface area is 183 Å². The minimum Gasteiger partial charge on any atom is -0.489 e. The molecule has 1 heterocycles. The number of anilines is 1. The highest BCUT2D eigenvalue weighted by molar-refractivity contribution is 9.10. The molecule has 0 saturated carbocycles. The molecule has 1 aliphatic heterocycles. The van der Waals surface area contributed by atoms with Crippen LogP contribution in [0.1, 0.15) is 12.5 Å². The van der Waals surface area contributed by atoms with Gasteiger partial charge >= 0.3 is 6.03 Å². The third-order valence-corrected chi connectivity index (χ3v) is 5.28. The van der Waals surface area contributed by atoms with Gasteiger partial charge in [-0.2, -0.15) is 4.99 Å². The molecule has 3 N–H and O–H groups in total. The molecule has 0 fully saturated rings. The number of nitrogens with one attached hydrogen (secondary N) is 1. The third kappa shape index (κ3) is 5.07. The second kappa shape index (κ2) is 9.58. The Bertz CT molecular complexity index is 1000. The minimum absolute atomic E-state index is 0.0156. The number of rotatable bonds is 4. The van der Waals surface area contributed by atoms with Crippen LogP contribution in [0.5, 0.6) is 5.75 Å². The summed E-state index contributed by atoms with van der Waals surface area (Å²) in [6.45, 7) is 1.73. The fourth-order valence-electron chi connectivity index (χ4n) is 3.10. The Morgan fingerprint density at radius 2 is 2.07 bits per heavy atom. The van der Waals surface area contributed by atoms with Gasteiger partial charge < -0.3 is 20.7 Å². The molecule has 0 unspecified atom stereocenters. The molecule has 0 aromatic heterocycles. The summed E-state index contributed by atoms with van der Waals surface area (Å²) in [6, 6.07) is 13.7. The Kier molecular flexibility index (Phi) is 6.89. The van der Waals surface area contributed by atoms with Crippen molar-refractivity contribution in [2.75, 3.05) is 18.6 Å². The summed E-state index contributed by atoms with van der Waals surface area (Å²) in [5, 5.41) is 2.64. The van der Waals surface area contributed by atoms with E-state index < -0.39 is 12.1 Å². The van der Waals surface area contributed by atoms with Crippen molar-refractivity contribution < 1.29 is 14.3 Å². The van der Waals surface area contributed by atoms with Crippen LogP contribution in [0.4, 0.5) is 10.5 Å². The van der Waals surface area contributed by atoms with Gasteiger partial charge in [-0.3, -0.25) is 4.79 Å². The van der Waals surface area contributed by atoms with Crippen molar-refractivity contribution in [1.29, 1.82) is 0 Å². The fraction of sp³-hybridized carbons (Fsp3) is 0.227. The van der Waals surface area contributed by atoms with Gasteiger partial charge in [-0.05, 0) is 42.5 Å². The van der Waals surface area contributed by atoms with Crippen molar-refractivity contribution in [3.8, 4) is 5.75 Å². The van der Waals surface area contributed by atoms with E-state index in [4.69, 9.17) is 10.5 Å². The quantitative estimate of drug-likeness (QED) is 0.668. The maximum atomic E-state index is 12.8. The first-order valence-electron chi connectivity index (χ1n) is 9.40. The molecule has 0 spiro atoms. The molecular weight excluding hydrogens is 448 g/mol. The standard InChI is InChI=1S/C22H23BrN4O3/c1-14(16(12-24)10-15-6-4-3-5-7-15)25-22(29)26-18-13-30-20-9-8-17(23)11-19(20)27(2)21(18)28/h3-9,11-12,18H,10,13,24H2,1-2H3,(H,26,29)/b16-12-,25-14+/t18-/m1/s1. The van der Waals surface area contributed by atoms with Crippen molar-refractivity contribution >= 4 is 39.3 Å². The number of nitrogens with zero attached hydrogens (tertiary/aromatic N) is 2. The largest absolute Gasteiger partial charge is 0.489 e. The number of hydrogen-bond donors (Lipinski definition) is 2. The lowest BCUT2D eigenvalue weighted by molar-refractivity contribution is -0.120. The molecule has 3 amide bonds. The first-order valence-corrected chi connectivity index (χ1v) is 10.2. The molecule has 2 aromatic carbocycles. The molecule has 0 saturated heterocycles. The number of ether oxygens (including phenoxy) is 1. The molecule has 0 radical (unpaired) electrons. The molecule has 30 heavy (non-hydrogen) atoms. The molecule has 8 heteroatoms. The summed E-state index contributed by atoms with van der Waals surface area (Å²) in [4.78, 5) is 30.8. The number of halogens is 1. The molecule has 1 atom stereocenters. The SMILES string of the molecule is CC(=N\C(=O)N[C@@H]1COc2ccc(Br)cc2N(C)C1=O)/C(=C\N)Cc1ccccc1. The van der Waals surface area contributed by atoms with E-state index in [1.807, 2.05) is 36.4 Å². The number of allylic oxidation sites excluding steroid dienone is 1. The molecule has 3 rings (SSSR count). The van der Waals surface area contributed by atoms with Gasteiger partial charge in [-0.25, -0.2) is 4.79 Å². The highest BCUT2D eigenvalue weighted by atomic mass is 79.9. The average Bonchev–Trinajstić information content (AvgIpc) is 2.85. The van der Waals surface area contributed by atoms with Crippen molar-refractivity contribution in [1.82, 2.24) is 5.32 Å². The fourth-order valence-corrected chi connectivity index (χ4v) is 3.45. The van der Waals surface area contributed by atoms with Gasteiger partial charge in [0.25, 0.3) is 5.91 Å². The maximum Gasteiger partial charge on any atom is 0.341 e. The predicted octanol–water partition coefficient (Wildman–Crippen LogP) is 3.43. The zero-order valence-corrected chi connectivity index (χ0v) is 18.3. The van der Waals surface area contributed by atoms with Crippen molar-refractivity contribution in [3.05, 3.63) is 70.3 Å². The number of fused-ring (bicyclic) bond motifs is 1. The van der Waals surface area contributed by atoms with E-state index in [1.54, 1.807) is 26.1 Å². The average molecular weight is 471 g/mol. The lowest BCUT2D eigenvalue weighted by Gasteiger charge is -2.20. The summed E-state index contributed by atoms with van der Waals surface area (Å²) < 4.78 is 6.56. The smallest absolute Gasteiger partial charge is 0.341 e. The number of hydrogen-bond acceptors (Lipinski definition) is 4. The number of nitrogens with two attached hydrogens (primary N) is 1. The lowest BCUT2D eigenvalue weighted by atomic mass is 10.0. The van der Waals surface area contributed by atoms with Crippen molar-refractivity contribution in [2.24, 2.45) is 10.7 Å². The van der Waals surface area contributed by atoms with Gasteiger partial charge in [0.2, 0.25) is 0 Å². The van der Waals surface area contributed by atoms with Gasteiger partial charge in [0.15, 0.2) is 0 Å². The lowest BCUT2D eigenvalue weighted by Crippen LogP contribution is -2.48. The molecule has 7 nitrogen and oxygen atoms in total. The zero-order valence-electron chi connectivity index (χ0n) is 16.8. The van der Waals surface area contributed by atoms with E-state index >= 15 is 0 Å². The number of urea groups is 1. The van der Waals surface area contributed by atoms with E-state index in [1.165, 1.54) is 11.1 Å². The summed E-state index contributed by atoms with van der Waals surface area (Å²) in [5.41, 5.74) is 8.65. The Morgan fingerprint density at radius 3 is 2.77 bits per heavy atom. The van der Waals surface area contributed by atoms with E-state index in [0.29, 0.717) is 23.6 Å². The minimum atomic E-state index is -0.857. The number of benzene rings is 2. The van der Waals surface area contributed by atoms with Crippen LogP contribution in [0.3, 0.4) is 0 Å². The first-order chi connectivity index (χ1) is 14.4. The molecule has 2 aromatic rings. The number of carbonyl (C=O) groups is 2. The summed E-state index contributed by atoms with van der Waals surface area (Å²) in [5.74, 6) is 0.286. The second-order valence-electron chi connectivity index (χ2n) is 6.87. The highest BCUT2D eigenvalue weighted by Crippen LogP contribution is 2.33. The molecule has 156 valence electrons. The maximum absolute atomic E-state index is 12.8. The summed E-state index contributed by atoms with van der Waals surface area (Å²) in [7, 11) is 1.64. The first kappa shape index (κ1) is 21.6. The van der Waals surface area contributed by atoms with Gasteiger partial charge in [0.05, 0.1) is 5.69 Å². The summed E-state index contributed by atoms with van der Waals surface area (Å²) in [6.07, 6.45) is 2.00. The number of carbonyl (C=O) groups excluding carboxylic acids is 2. The predicted molar refractivity (Wildman–Crippen MR) is 121 cm³/mol. The zero-order chi connectivity index (χ0) is 21.7. The topological polar surface area (TPSA) is 97.0 Å². The van der Waals surface area contributed by atoms with Crippen LogP contribution in [-0.4, -0.2) is 37.3 Å². The van der Waals surface area contributed by atoms with Crippen LogP contribution in [0, 0.1) is 0 Å². The normalized spacial score (nSPS) is 17.1. The van der Waals surface area contributed by atoms with Crippen LogP contribution >= 0.6 is 15.9 Å². The van der Waals surface area contributed by atoms with Crippen LogP contribution in [0.2, 0.25) is 0 Å². The van der Waals surface area contributed by atoms with Crippen LogP contribution in [0.25, 0.3) is 0 Å². The van der Waals surface area contributed by atoms with Crippen molar-refractivity contribution in [3.63, 3.8) is 0 Å². The van der Waals surface area contributed by atoms with Crippen LogP contribution in [0.15, 0.2) is 69.8 Å². The van der Waals surface area contributed by atoms with E-state index in [0.717, 1.165) is 15.6 Å². The van der Waals surface area contributed by atoms with Crippen molar-refractivity contribution in [2.45, 2.75) is 19.4 Å². The van der Waals surface area contributed by atoms with Gasteiger partial charge in [-0.1, -0.05) is 46.3 Å². The molecule has 0 bridgehead atoms. The Hall–Kier alpha value is -3.13. The Balaban J connectivity index is 1.70. The Morgan fingerprint density at radius 1 is 1.33 bits per heavy atom. The molecular formula is C22H23BrN4O3. The number of amides is 3. The van der Waals surface area contributed by atoms with Crippen LogP contribution < -0.4 is 20.7 Å². The number of aliphatic imine (C=N–C) groups is 1. The van der Waals surface area contributed by atoms with E-state index in [-0.39, 0.29) is 12.5 Å². The number of likely N-dealkylation sites (N-methyl/N-ethyl adjacent to an activating group) is 1.